The van der Waals surface area contributed by atoms with E-state index in [1.807, 2.05) is 0 Å². The molecule has 0 radical (unpaired) electrons. The highest BCUT2D eigenvalue weighted by molar-refractivity contribution is 5.88. The van der Waals surface area contributed by atoms with Crippen molar-refractivity contribution in [2.45, 2.75) is 114 Å². The van der Waals surface area contributed by atoms with E-state index < -0.39 is 134 Å². The summed E-state index contributed by atoms with van der Waals surface area (Å²) < 4.78 is 193. The lowest BCUT2D eigenvalue weighted by molar-refractivity contribution is -0.427. The molecule has 0 aromatic carbocycles. The summed E-state index contributed by atoms with van der Waals surface area (Å²) in [6.45, 7) is 6.97. The summed E-state index contributed by atoms with van der Waals surface area (Å²) in [5.41, 5.74) is -4.81. The molecule has 0 aliphatic heterocycles. The maximum absolute atomic E-state index is 15.5. The van der Waals surface area contributed by atoms with Gasteiger partial charge < -0.3 is 24.4 Å². The Morgan fingerprint density at radius 1 is 0.593 bits per heavy atom. The highest BCUT2D eigenvalue weighted by Crippen LogP contribution is 2.62. The lowest BCUT2D eigenvalue weighted by atomic mass is 9.79. The van der Waals surface area contributed by atoms with Crippen LogP contribution in [0.3, 0.4) is 0 Å². The van der Waals surface area contributed by atoms with E-state index in [2.05, 4.69) is 29.2 Å². The Kier molecular flexibility index (Phi) is 18.8. The SMILES string of the molecule is C=C(C)C(=O)OCC(COC(=O)C(=C)C)(COC(=O)C(=C)CCC(CO)CO)CC(F)(F)C(F)(F)C(F)(F)C(F)(F)C(F)(F)C(F)(F)CCCCCCC. The molecule has 0 aromatic heterocycles. The zero-order valence-electron chi connectivity index (χ0n) is 30.0. The maximum atomic E-state index is 15.5. The van der Waals surface area contributed by atoms with Crippen molar-refractivity contribution in [2.75, 3.05) is 33.0 Å². The predicted octanol–water partition coefficient (Wildman–Crippen LogP) is 8.25. The maximum Gasteiger partial charge on any atom is 0.384 e. The van der Waals surface area contributed by atoms with Crippen molar-refractivity contribution in [2.24, 2.45) is 11.3 Å². The largest absolute Gasteiger partial charge is 0.461 e. The quantitative estimate of drug-likeness (QED) is 0.0280. The third kappa shape index (κ3) is 12.4. The summed E-state index contributed by atoms with van der Waals surface area (Å²) in [6, 6.07) is 0. The van der Waals surface area contributed by atoms with Gasteiger partial charge in [0.25, 0.3) is 0 Å². The number of carbonyl (C=O) groups is 3. The summed E-state index contributed by atoms with van der Waals surface area (Å²) in [7, 11) is 0. The molecule has 8 nitrogen and oxygen atoms in total. The summed E-state index contributed by atoms with van der Waals surface area (Å²) in [4.78, 5) is 37.0. The molecule has 0 atom stereocenters. The monoisotopic (exact) mass is 810 g/mol. The first kappa shape index (κ1) is 50.7. The van der Waals surface area contributed by atoms with Crippen LogP contribution in [0.4, 0.5) is 52.7 Å². The van der Waals surface area contributed by atoms with Gasteiger partial charge in [-0.05, 0) is 33.1 Å². The smallest absolute Gasteiger partial charge is 0.384 e. The van der Waals surface area contributed by atoms with Crippen LogP contribution in [0.2, 0.25) is 0 Å². The van der Waals surface area contributed by atoms with Crippen molar-refractivity contribution in [1.82, 2.24) is 0 Å². The average molecular weight is 811 g/mol. The summed E-state index contributed by atoms with van der Waals surface area (Å²) >= 11 is 0. The third-order valence-corrected chi connectivity index (χ3v) is 8.18. The molecule has 0 spiro atoms. The lowest BCUT2D eigenvalue weighted by Gasteiger charge is -2.43. The van der Waals surface area contributed by atoms with E-state index in [9.17, 15) is 59.7 Å². The fourth-order valence-corrected chi connectivity index (χ4v) is 4.55. The zero-order chi connectivity index (χ0) is 42.6. The van der Waals surface area contributed by atoms with Gasteiger partial charge in [0.1, 0.15) is 19.8 Å². The molecule has 0 saturated carbocycles. The molecule has 0 unspecified atom stereocenters. The number of rotatable bonds is 27. The first-order valence-corrected chi connectivity index (χ1v) is 16.5. The van der Waals surface area contributed by atoms with Gasteiger partial charge in [-0.25, -0.2) is 14.4 Å². The van der Waals surface area contributed by atoms with E-state index in [1.54, 1.807) is 6.92 Å². The van der Waals surface area contributed by atoms with Gasteiger partial charge in [-0.2, -0.15) is 52.7 Å². The van der Waals surface area contributed by atoms with Crippen LogP contribution in [-0.2, 0) is 28.6 Å². The van der Waals surface area contributed by atoms with Gasteiger partial charge in [-0.15, -0.1) is 0 Å². The number of aliphatic hydroxyl groups is 2. The minimum Gasteiger partial charge on any atom is -0.461 e. The Labute approximate surface area is 304 Å². The fraction of sp³-hybridized carbons (Fsp3) is 0.735. The van der Waals surface area contributed by atoms with Crippen LogP contribution in [0, 0.1) is 11.3 Å². The van der Waals surface area contributed by atoms with Crippen LogP contribution < -0.4 is 0 Å². The van der Waals surface area contributed by atoms with Crippen molar-refractivity contribution in [3.63, 3.8) is 0 Å². The number of esters is 3. The zero-order valence-corrected chi connectivity index (χ0v) is 30.0. The minimum atomic E-state index is -7.94. The van der Waals surface area contributed by atoms with Crippen LogP contribution in [0.25, 0.3) is 0 Å². The number of aliphatic hydroxyl groups excluding tert-OH is 2. The van der Waals surface area contributed by atoms with Gasteiger partial charge in [0, 0.05) is 48.7 Å². The van der Waals surface area contributed by atoms with Crippen LogP contribution in [-0.4, -0.2) is 96.7 Å². The van der Waals surface area contributed by atoms with E-state index in [0.717, 1.165) is 13.8 Å². The molecule has 0 aromatic rings. The van der Waals surface area contributed by atoms with E-state index in [4.69, 9.17) is 4.74 Å². The third-order valence-electron chi connectivity index (χ3n) is 8.18. The van der Waals surface area contributed by atoms with Gasteiger partial charge in [0.15, 0.2) is 0 Å². The molecule has 54 heavy (non-hydrogen) atoms. The number of carbonyl (C=O) groups excluding carboxylic acids is 3. The number of hydrogen-bond donors (Lipinski definition) is 2. The first-order valence-electron chi connectivity index (χ1n) is 16.5. The number of ether oxygens (including phenoxy) is 3. The van der Waals surface area contributed by atoms with Crippen molar-refractivity contribution < 1.29 is 91.5 Å². The van der Waals surface area contributed by atoms with Crippen LogP contribution in [0.15, 0.2) is 36.5 Å². The highest BCUT2D eigenvalue weighted by atomic mass is 19.4. The molecule has 2 N–H and O–H groups in total. The van der Waals surface area contributed by atoms with Gasteiger partial charge in [0.2, 0.25) is 0 Å². The molecule has 0 aliphatic rings. The van der Waals surface area contributed by atoms with Gasteiger partial charge in [-0.3, -0.25) is 0 Å². The molecule has 0 heterocycles. The molecular weight excluding hydrogens is 764 g/mol. The Morgan fingerprint density at radius 3 is 1.37 bits per heavy atom. The van der Waals surface area contributed by atoms with E-state index in [0.29, 0.717) is 12.8 Å². The Hall–Kier alpha value is -3.29. The van der Waals surface area contributed by atoms with E-state index in [-0.39, 0.29) is 25.7 Å². The van der Waals surface area contributed by atoms with Crippen LogP contribution >= 0.6 is 0 Å². The van der Waals surface area contributed by atoms with Crippen LogP contribution in [0.5, 0.6) is 0 Å². The summed E-state index contributed by atoms with van der Waals surface area (Å²) in [5.74, 6) is -48.8. The van der Waals surface area contributed by atoms with Crippen molar-refractivity contribution >= 4 is 17.9 Å². The first-order chi connectivity index (χ1) is 24.5. The number of halogens is 12. The summed E-state index contributed by atoms with van der Waals surface area (Å²) in [6.07, 6.45) is -5.83. The molecule has 0 fully saturated rings. The average Bonchev–Trinajstić information content (AvgIpc) is 3.07. The fourth-order valence-electron chi connectivity index (χ4n) is 4.55. The minimum absolute atomic E-state index is 0.130. The second-order valence-electron chi connectivity index (χ2n) is 13.2. The predicted molar refractivity (Wildman–Crippen MR) is 169 cm³/mol. The standard InChI is InChI=1S/C34H46F12O8/c1-7-8-9-10-11-14-29(35,36)31(39,40)33(43,44)34(45,46)32(41,42)30(37,38)17-28(18-52-25(49)21(2)3,19-53-26(50)22(4)5)20-54-27(51)23(6)12-13-24(15-47)16-48/h24,47-48H,2,4,6-20H2,1,3,5H3. The second-order valence-corrected chi connectivity index (χ2v) is 13.2. The molecule has 314 valence electrons. The molecule has 0 bridgehead atoms. The van der Waals surface area contributed by atoms with Crippen molar-refractivity contribution in [3.05, 3.63) is 36.5 Å². The van der Waals surface area contributed by atoms with Gasteiger partial charge in [0.05, 0.1) is 5.41 Å². The molecule has 0 saturated heterocycles. The molecule has 0 rings (SSSR count). The van der Waals surface area contributed by atoms with Gasteiger partial charge >= 0.3 is 53.4 Å². The Balaban J connectivity index is 7.05. The lowest BCUT2D eigenvalue weighted by Crippen LogP contribution is -2.71. The molecule has 20 heteroatoms. The van der Waals surface area contributed by atoms with E-state index in [1.165, 1.54) is 0 Å². The van der Waals surface area contributed by atoms with E-state index >= 15 is 17.6 Å². The summed E-state index contributed by atoms with van der Waals surface area (Å²) in [5, 5.41) is 18.4. The second kappa shape index (κ2) is 20.0. The highest BCUT2D eigenvalue weighted by Gasteiger charge is 2.90. The van der Waals surface area contributed by atoms with Crippen molar-refractivity contribution in [3.8, 4) is 0 Å². The number of unbranched alkanes of at least 4 members (excludes halogenated alkanes) is 4. The van der Waals surface area contributed by atoms with Gasteiger partial charge in [-0.1, -0.05) is 52.3 Å². The molecule has 0 amide bonds. The van der Waals surface area contributed by atoms with Crippen LogP contribution in [0.1, 0.15) is 78.6 Å². The van der Waals surface area contributed by atoms with Crippen molar-refractivity contribution in [1.29, 1.82) is 0 Å². The topological polar surface area (TPSA) is 119 Å². The number of hydrogen-bond acceptors (Lipinski definition) is 8. The normalized spacial score (nSPS) is 13.4. The molecule has 0 aliphatic carbocycles. The molecular formula is C34H46F12O8. The Morgan fingerprint density at radius 2 is 0.981 bits per heavy atom. The number of alkyl halides is 12. The Bertz CT molecular complexity index is 1280.